The fraction of sp³-hybridized carbons (Fsp3) is 0.500. The molecule has 0 fully saturated rings. The molecule has 3 nitrogen and oxygen atoms in total. The van der Waals surface area contributed by atoms with Gasteiger partial charge in [-0.1, -0.05) is 6.07 Å². The molecule has 1 aromatic rings. The number of carbonyl (C=O) groups is 1. The smallest absolute Gasteiger partial charge is 0.220 e. The van der Waals surface area contributed by atoms with E-state index in [1.165, 1.54) is 4.88 Å². The molecule has 1 amide bonds. The highest BCUT2D eigenvalue weighted by molar-refractivity contribution is 7.09. The summed E-state index contributed by atoms with van der Waals surface area (Å²) in [7, 11) is 0. The zero-order valence-corrected chi connectivity index (χ0v) is 9.01. The summed E-state index contributed by atoms with van der Waals surface area (Å²) in [5, 5.41) is 13.6. The molecule has 4 heteroatoms. The lowest BCUT2D eigenvalue weighted by Gasteiger charge is -2.06. The average molecular weight is 213 g/mol. The van der Waals surface area contributed by atoms with Crippen LogP contribution >= 0.6 is 11.3 Å². The number of hydrogen-bond acceptors (Lipinski definition) is 3. The lowest BCUT2D eigenvalue weighted by atomic mass is 10.2. The quantitative estimate of drug-likeness (QED) is 0.771. The Balaban J connectivity index is 2.15. The van der Waals surface area contributed by atoms with E-state index in [1.807, 2.05) is 17.5 Å². The first-order valence-corrected chi connectivity index (χ1v) is 5.53. The molecular formula is C10H15NO2S. The van der Waals surface area contributed by atoms with Gasteiger partial charge in [-0.3, -0.25) is 4.79 Å². The molecule has 1 heterocycles. The van der Waals surface area contributed by atoms with Crippen molar-refractivity contribution in [1.82, 2.24) is 5.32 Å². The first-order chi connectivity index (χ1) is 6.68. The van der Waals surface area contributed by atoms with Gasteiger partial charge in [-0.2, -0.15) is 0 Å². The number of thiophene rings is 1. The topological polar surface area (TPSA) is 49.3 Å². The Morgan fingerprint density at radius 1 is 1.71 bits per heavy atom. The first-order valence-electron chi connectivity index (χ1n) is 4.65. The summed E-state index contributed by atoms with van der Waals surface area (Å²) in [6.07, 6.45) is 0.803. The van der Waals surface area contributed by atoms with Crippen molar-refractivity contribution in [3.8, 4) is 0 Å². The number of amides is 1. The summed E-state index contributed by atoms with van der Waals surface area (Å²) < 4.78 is 0. The van der Waals surface area contributed by atoms with Gasteiger partial charge in [-0.15, -0.1) is 11.3 Å². The predicted octanol–water partition coefficient (Wildman–Crippen LogP) is 1.18. The summed E-state index contributed by atoms with van der Waals surface area (Å²) in [6, 6.07) is 4.00. The molecule has 0 spiro atoms. The van der Waals surface area contributed by atoms with Crippen LogP contribution in [0.1, 0.15) is 18.2 Å². The number of carbonyl (C=O) groups excluding carboxylic acids is 1. The maximum atomic E-state index is 11.2. The molecule has 0 aromatic carbocycles. The van der Waals surface area contributed by atoms with Crippen molar-refractivity contribution in [2.24, 2.45) is 0 Å². The van der Waals surface area contributed by atoms with Crippen molar-refractivity contribution in [3.63, 3.8) is 0 Å². The second-order valence-electron chi connectivity index (χ2n) is 3.23. The van der Waals surface area contributed by atoms with Gasteiger partial charge in [0.05, 0.1) is 6.10 Å². The van der Waals surface area contributed by atoms with Gasteiger partial charge < -0.3 is 10.4 Å². The Kier molecular flexibility index (Phi) is 4.62. The molecule has 0 aliphatic heterocycles. The molecule has 2 N–H and O–H groups in total. The van der Waals surface area contributed by atoms with E-state index in [0.717, 1.165) is 6.42 Å². The molecule has 0 radical (unpaired) electrons. The van der Waals surface area contributed by atoms with Crippen molar-refractivity contribution in [2.45, 2.75) is 25.9 Å². The standard InChI is InChI=1S/C10H15NO2S/c1-8(12)7-11-10(13)5-4-9-3-2-6-14-9/h2-3,6,8,12H,4-5,7H2,1H3,(H,11,13)/t8-/m1/s1. The lowest BCUT2D eigenvalue weighted by Crippen LogP contribution is -2.30. The van der Waals surface area contributed by atoms with Crippen molar-refractivity contribution in [3.05, 3.63) is 22.4 Å². The predicted molar refractivity (Wildman–Crippen MR) is 57.3 cm³/mol. The summed E-state index contributed by atoms with van der Waals surface area (Å²) in [6.45, 7) is 1.99. The van der Waals surface area contributed by atoms with Gasteiger partial charge >= 0.3 is 0 Å². The van der Waals surface area contributed by atoms with E-state index in [2.05, 4.69) is 5.32 Å². The first kappa shape index (κ1) is 11.2. The number of aliphatic hydroxyl groups is 1. The van der Waals surface area contributed by atoms with Gasteiger partial charge in [0.2, 0.25) is 5.91 Å². The lowest BCUT2D eigenvalue weighted by molar-refractivity contribution is -0.121. The zero-order valence-electron chi connectivity index (χ0n) is 8.19. The van der Waals surface area contributed by atoms with Crippen LogP contribution in [0.5, 0.6) is 0 Å². The number of aryl methyl sites for hydroxylation is 1. The molecule has 0 saturated carbocycles. The molecule has 0 aliphatic rings. The average Bonchev–Trinajstić information content (AvgIpc) is 2.63. The number of nitrogens with one attached hydrogen (secondary N) is 1. The minimum absolute atomic E-state index is 0.000648. The normalized spacial score (nSPS) is 12.4. The molecule has 1 aromatic heterocycles. The largest absolute Gasteiger partial charge is 0.392 e. The van der Waals surface area contributed by atoms with Crippen LogP contribution in [0, 0.1) is 0 Å². The SMILES string of the molecule is C[C@@H](O)CNC(=O)CCc1cccs1. The van der Waals surface area contributed by atoms with E-state index in [9.17, 15) is 4.79 Å². The second kappa shape index (κ2) is 5.78. The third-order valence-corrected chi connectivity index (χ3v) is 2.71. The molecule has 0 saturated heterocycles. The van der Waals surface area contributed by atoms with E-state index in [-0.39, 0.29) is 5.91 Å². The Hall–Kier alpha value is -0.870. The molecule has 0 unspecified atom stereocenters. The summed E-state index contributed by atoms with van der Waals surface area (Å²) in [5.41, 5.74) is 0. The van der Waals surface area contributed by atoms with Crippen LogP contribution in [0.2, 0.25) is 0 Å². The number of hydrogen-bond donors (Lipinski definition) is 2. The van der Waals surface area contributed by atoms with Gasteiger partial charge in [-0.05, 0) is 24.8 Å². The van der Waals surface area contributed by atoms with E-state index < -0.39 is 6.10 Å². The van der Waals surface area contributed by atoms with Crippen LogP contribution in [-0.2, 0) is 11.2 Å². The Bertz CT molecular complexity index is 270. The van der Waals surface area contributed by atoms with Crippen molar-refractivity contribution in [1.29, 1.82) is 0 Å². The highest BCUT2D eigenvalue weighted by Crippen LogP contribution is 2.10. The van der Waals surface area contributed by atoms with Crippen molar-refractivity contribution >= 4 is 17.2 Å². The van der Waals surface area contributed by atoms with Crippen LogP contribution in [-0.4, -0.2) is 23.7 Å². The third-order valence-electron chi connectivity index (χ3n) is 1.77. The monoisotopic (exact) mass is 213 g/mol. The molecular weight excluding hydrogens is 198 g/mol. The highest BCUT2D eigenvalue weighted by Gasteiger charge is 2.03. The molecule has 0 aliphatic carbocycles. The van der Waals surface area contributed by atoms with E-state index >= 15 is 0 Å². The van der Waals surface area contributed by atoms with Gasteiger partial charge in [0, 0.05) is 17.8 Å². The van der Waals surface area contributed by atoms with Crippen LogP contribution in [0.3, 0.4) is 0 Å². The minimum atomic E-state index is -0.472. The van der Waals surface area contributed by atoms with Crippen LogP contribution in [0.15, 0.2) is 17.5 Å². The van der Waals surface area contributed by atoms with Gasteiger partial charge in [0.15, 0.2) is 0 Å². The number of aliphatic hydroxyl groups excluding tert-OH is 1. The van der Waals surface area contributed by atoms with Gasteiger partial charge in [0.25, 0.3) is 0 Å². The van der Waals surface area contributed by atoms with Crippen molar-refractivity contribution in [2.75, 3.05) is 6.54 Å². The fourth-order valence-corrected chi connectivity index (χ4v) is 1.75. The molecule has 78 valence electrons. The fourth-order valence-electron chi connectivity index (χ4n) is 1.04. The van der Waals surface area contributed by atoms with E-state index in [4.69, 9.17) is 5.11 Å². The Morgan fingerprint density at radius 2 is 2.50 bits per heavy atom. The maximum absolute atomic E-state index is 11.2. The zero-order chi connectivity index (χ0) is 10.4. The summed E-state index contributed by atoms with van der Waals surface area (Å²) in [4.78, 5) is 12.4. The molecule has 0 bridgehead atoms. The third kappa shape index (κ3) is 4.39. The minimum Gasteiger partial charge on any atom is -0.392 e. The molecule has 1 rings (SSSR count). The van der Waals surface area contributed by atoms with E-state index in [1.54, 1.807) is 18.3 Å². The van der Waals surface area contributed by atoms with Gasteiger partial charge in [-0.25, -0.2) is 0 Å². The Morgan fingerprint density at radius 3 is 3.07 bits per heavy atom. The van der Waals surface area contributed by atoms with Crippen LogP contribution < -0.4 is 5.32 Å². The highest BCUT2D eigenvalue weighted by atomic mass is 32.1. The van der Waals surface area contributed by atoms with E-state index in [0.29, 0.717) is 13.0 Å². The summed E-state index contributed by atoms with van der Waals surface area (Å²) >= 11 is 1.66. The maximum Gasteiger partial charge on any atom is 0.220 e. The van der Waals surface area contributed by atoms with Gasteiger partial charge in [0.1, 0.15) is 0 Å². The molecule has 14 heavy (non-hydrogen) atoms. The van der Waals surface area contributed by atoms with Crippen LogP contribution in [0.25, 0.3) is 0 Å². The summed E-state index contributed by atoms with van der Waals surface area (Å²) in [5.74, 6) is -0.000648. The van der Waals surface area contributed by atoms with Crippen LogP contribution in [0.4, 0.5) is 0 Å². The molecule has 1 atom stereocenters. The number of rotatable bonds is 5. The second-order valence-corrected chi connectivity index (χ2v) is 4.26. The Labute approximate surface area is 87.8 Å². The van der Waals surface area contributed by atoms with Crippen molar-refractivity contribution < 1.29 is 9.90 Å².